The molecule has 22 heavy (non-hydrogen) atoms. The molecule has 2 amide bonds. The van der Waals surface area contributed by atoms with Crippen LogP contribution in [-0.2, 0) is 0 Å². The lowest BCUT2D eigenvalue weighted by Gasteiger charge is -2.04. The van der Waals surface area contributed by atoms with Gasteiger partial charge in [-0.3, -0.25) is 0 Å². The maximum atomic E-state index is 10.9. The number of carbonyl (C=O) groups is 1. The summed E-state index contributed by atoms with van der Waals surface area (Å²) in [4.78, 5) is 10.9. The molecule has 2 aromatic carbocycles. The summed E-state index contributed by atoms with van der Waals surface area (Å²) >= 11 is 0. The van der Waals surface area contributed by atoms with Crippen LogP contribution in [0.3, 0.4) is 0 Å². The van der Waals surface area contributed by atoms with E-state index in [2.05, 4.69) is 42.6 Å². The van der Waals surface area contributed by atoms with Crippen molar-refractivity contribution in [2.45, 2.75) is 13.8 Å². The van der Waals surface area contributed by atoms with Gasteiger partial charge in [0.25, 0.3) is 0 Å². The van der Waals surface area contributed by atoms with Crippen LogP contribution in [0.1, 0.15) is 22.3 Å². The van der Waals surface area contributed by atoms with Gasteiger partial charge in [0.2, 0.25) is 0 Å². The highest BCUT2D eigenvalue weighted by molar-refractivity contribution is 6.11. The van der Waals surface area contributed by atoms with Crippen LogP contribution in [0.5, 0.6) is 0 Å². The second kappa shape index (κ2) is 7.22. The summed E-state index contributed by atoms with van der Waals surface area (Å²) < 4.78 is 0. The monoisotopic (exact) mass is 293 g/mol. The minimum absolute atomic E-state index is 0.638. The third-order valence-electron chi connectivity index (χ3n) is 3.20. The Morgan fingerprint density at radius 2 is 1.86 bits per heavy atom. The SMILES string of the molecule is Cc1ccc(/C=C/C(=N\NC(N)=O)c2ccccc2)c(C)c1. The number of hydrogen-bond donors (Lipinski definition) is 2. The van der Waals surface area contributed by atoms with Crippen molar-refractivity contribution in [2.75, 3.05) is 0 Å². The van der Waals surface area contributed by atoms with E-state index >= 15 is 0 Å². The Morgan fingerprint density at radius 1 is 1.14 bits per heavy atom. The Morgan fingerprint density at radius 3 is 2.50 bits per heavy atom. The Bertz CT molecular complexity index is 718. The molecule has 0 aromatic heterocycles. The maximum absolute atomic E-state index is 10.9. The van der Waals surface area contributed by atoms with E-state index in [1.807, 2.05) is 42.5 Å². The normalized spacial score (nSPS) is 11.6. The van der Waals surface area contributed by atoms with Crippen LogP contribution in [0.25, 0.3) is 6.08 Å². The molecule has 2 aromatic rings. The van der Waals surface area contributed by atoms with E-state index in [9.17, 15) is 4.79 Å². The number of carbonyl (C=O) groups excluding carboxylic acids is 1. The van der Waals surface area contributed by atoms with E-state index in [0.717, 1.165) is 11.1 Å². The number of urea groups is 1. The number of nitrogens with zero attached hydrogens (tertiary/aromatic N) is 1. The average molecular weight is 293 g/mol. The quantitative estimate of drug-likeness (QED) is 0.658. The second-order valence-corrected chi connectivity index (χ2v) is 5.03. The van der Waals surface area contributed by atoms with Gasteiger partial charge in [-0.15, -0.1) is 0 Å². The fourth-order valence-electron chi connectivity index (χ4n) is 2.10. The smallest absolute Gasteiger partial charge is 0.332 e. The second-order valence-electron chi connectivity index (χ2n) is 5.03. The molecule has 0 spiro atoms. The lowest BCUT2D eigenvalue weighted by atomic mass is 10.0. The third kappa shape index (κ3) is 4.31. The molecule has 0 aliphatic carbocycles. The van der Waals surface area contributed by atoms with Gasteiger partial charge in [-0.1, -0.05) is 60.2 Å². The summed E-state index contributed by atoms with van der Waals surface area (Å²) in [6.45, 7) is 4.13. The van der Waals surface area contributed by atoms with Crippen LogP contribution in [0, 0.1) is 13.8 Å². The standard InChI is InChI=1S/C18H19N3O/c1-13-8-9-15(14(2)12-13)10-11-17(20-21-18(19)22)16-6-4-3-5-7-16/h3-12H,1-2H3,(H3,19,21,22)/b11-10+,20-17+. The number of benzene rings is 2. The fraction of sp³-hybridized carbons (Fsp3) is 0.111. The van der Waals surface area contributed by atoms with Crippen molar-refractivity contribution in [1.82, 2.24) is 5.43 Å². The number of amides is 2. The van der Waals surface area contributed by atoms with Crippen LogP contribution in [0.4, 0.5) is 4.79 Å². The maximum Gasteiger partial charge on any atom is 0.332 e. The molecule has 0 atom stereocenters. The summed E-state index contributed by atoms with van der Waals surface area (Å²) in [5.41, 5.74) is 12.4. The Labute approximate surface area is 130 Å². The molecule has 0 saturated carbocycles. The summed E-state index contributed by atoms with van der Waals surface area (Å²) in [5.74, 6) is 0. The molecule has 0 saturated heterocycles. The molecule has 0 radical (unpaired) electrons. The van der Waals surface area contributed by atoms with E-state index in [1.54, 1.807) is 0 Å². The topological polar surface area (TPSA) is 67.5 Å². The van der Waals surface area contributed by atoms with Gasteiger partial charge < -0.3 is 5.73 Å². The fourth-order valence-corrected chi connectivity index (χ4v) is 2.10. The van der Waals surface area contributed by atoms with E-state index in [4.69, 9.17) is 5.73 Å². The zero-order chi connectivity index (χ0) is 15.9. The molecular formula is C18H19N3O. The number of allylic oxidation sites excluding steroid dienone is 1. The summed E-state index contributed by atoms with van der Waals surface area (Å²) in [6, 6.07) is 15.2. The van der Waals surface area contributed by atoms with Gasteiger partial charge >= 0.3 is 6.03 Å². The number of aryl methyl sites for hydroxylation is 2. The van der Waals surface area contributed by atoms with E-state index in [1.165, 1.54) is 11.1 Å². The van der Waals surface area contributed by atoms with Gasteiger partial charge in [-0.25, -0.2) is 10.2 Å². The van der Waals surface area contributed by atoms with Crippen molar-refractivity contribution in [2.24, 2.45) is 10.8 Å². The van der Waals surface area contributed by atoms with Crippen molar-refractivity contribution in [3.63, 3.8) is 0 Å². The van der Waals surface area contributed by atoms with Gasteiger partial charge in [0.05, 0.1) is 5.71 Å². The van der Waals surface area contributed by atoms with Gasteiger partial charge in [0, 0.05) is 5.56 Å². The molecule has 0 aliphatic heterocycles. The highest BCUT2D eigenvalue weighted by Gasteiger charge is 2.01. The first kappa shape index (κ1) is 15.5. The first-order valence-corrected chi connectivity index (χ1v) is 7.00. The number of rotatable bonds is 4. The van der Waals surface area contributed by atoms with Gasteiger partial charge in [-0.05, 0) is 31.1 Å². The molecule has 0 bridgehead atoms. The van der Waals surface area contributed by atoms with Crippen LogP contribution >= 0.6 is 0 Å². The van der Waals surface area contributed by atoms with Crippen LogP contribution in [0.15, 0.2) is 59.7 Å². The lowest BCUT2D eigenvalue weighted by Crippen LogP contribution is -2.25. The van der Waals surface area contributed by atoms with Crippen LogP contribution < -0.4 is 11.2 Å². The molecule has 0 fully saturated rings. The molecule has 4 heteroatoms. The Hall–Kier alpha value is -2.88. The zero-order valence-electron chi connectivity index (χ0n) is 12.7. The molecule has 112 valence electrons. The zero-order valence-corrected chi connectivity index (χ0v) is 12.7. The molecule has 0 unspecified atom stereocenters. The van der Waals surface area contributed by atoms with E-state index < -0.39 is 6.03 Å². The van der Waals surface area contributed by atoms with Gasteiger partial charge in [0.15, 0.2) is 0 Å². The number of primary amides is 1. The van der Waals surface area contributed by atoms with Crippen molar-refractivity contribution in [3.05, 3.63) is 76.9 Å². The first-order valence-electron chi connectivity index (χ1n) is 7.00. The minimum atomic E-state index is -0.687. The Balaban J connectivity index is 2.32. The lowest BCUT2D eigenvalue weighted by molar-refractivity contribution is 0.249. The molecule has 2 rings (SSSR count). The predicted octanol–water partition coefficient (Wildman–Crippen LogP) is 3.39. The molecule has 4 nitrogen and oxygen atoms in total. The van der Waals surface area contributed by atoms with Gasteiger partial charge in [0.1, 0.15) is 0 Å². The molecular weight excluding hydrogens is 274 g/mol. The number of hydrazone groups is 1. The van der Waals surface area contributed by atoms with Crippen LogP contribution in [0.2, 0.25) is 0 Å². The number of nitrogens with one attached hydrogen (secondary N) is 1. The minimum Gasteiger partial charge on any atom is -0.350 e. The highest BCUT2D eigenvalue weighted by Crippen LogP contribution is 2.13. The van der Waals surface area contributed by atoms with Crippen molar-refractivity contribution >= 4 is 17.8 Å². The van der Waals surface area contributed by atoms with Crippen molar-refractivity contribution < 1.29 is 4.79 Å². The summed E-state index contributed by atoms with van der Waals surface area (Å²) in [5, 5.41) is 4.06. The van der Waals surface area contributed by atoms with Crippen molar-refractivity contribution in [1.29, 1.82) is 0 Å². The van der Waals surface area contributed by atoms with Crippen molar-refractivity contribution in [3.8, 4) is 0 Å². The first-order chi connectivity index (χ1) is 10.6. The number of hydrogen-bond acceptors (Lipinski definition) is 2. The predicted molar refractivity (Wildman–Crippen MR) is 90.6 cm³/mol. The molecule has 0 aliphatic rings. The number of nitrogens with two attached hydrogens (primary N) is 1. The molecule has 0 heterocycles. The summed E-state index contributed by atoms with van der Waals surface area (Å²) in [6.07, 6.45) is 3.84. The molecule has 3 N–H and O–H groups in total. The van der Waals surface area contributed by atoms with Crippen LogP contribution in [-0.4, -0.2) is 11.7 Å². The van der Waals surface area contributed by atoms with E-state index in [-0.39, 0.29) is 0 Å². The summed E-state index contributed by atoms with van der Waals surface area (Å²) in [7, 11) is 0. The Kier molecular flexibility index (Phi) is 5.09. The van der Waals surface area contributed by atoms with Gasteiger partial charge in [-0.2, -0.15) is 5.10 Å². The highest BCUT2D eigenvalue weighted by atomic mass is 16.2. The third-order valence-corrected chi connectivity index (χ3v) is 3.20. The average Bonchev–Trinajstić information content (AvgIpc) is 2.49. The van der Waals surface area contributed by atoms with E-state index in [0.29, 0.717) is 5.71 Å². The largest absolute Gasteiger partial charge is 0.350 e.